The predicted molar refractivity (Wildman–Crippen MR) is 93.3 cm³/mol. The fourth-order valence-corrected chi connectivity index (χ4v) is 3.02. The Bertz CT molecular complexity index is 813. The second-order valence-corrected chi connectivity index (χ2v) is 6.25. The summed E-state index contributed by atoms with van der Waals surface area (Å²) in [6, 6.07) is 16.1. The van der Waals surface area contributed by atoms with E-state index in [0.29, 0.717) is 12.3 Å². The summed E-state index contributed by atoms with van der Waals surface area (Å²) in [5.74, 6) is 0.319. The molecule has 1 N–H and O–H groups in total. The maximum Gasteiger partial charge on any atom is 0.230 e. The molecule has 23 heavy (non-hydrogen) atoms. The lowest BCUT2D eigenvalue weighted by atomic mass is 10.1. The van der Waals surface area contributed by atoms with E-state index in [1.807, 2.05) is 55.5 Å². The number of nitrogens with zero attached hydrogens (tertiary/aromatic N) is 2. The summed E-state index contributed by atoms with van der Waals surface area (Å²) in [5, 5.41) is 13.9. The van der Waals surface area contributed by atoms with Crippen molar-refractivity contribution in [2.24, 2.45) is 0 Å². The third-order valence-electron chi connectivity index (χ3n) is 3.49. The van der Waals surface area contributed by atoms with Crippen LogP contribution in [0.2, 0.25) is 0 Å². The van der Waals surface area contributed by atoms with E-state index in [9.17, 15) is 4.79 Å². The zero-order valence-corrected chi connectivity index (χ0v) is 13.6. The third kappa shape index (κ3) is 4.07. The van der Waals surface area contributed by atoms with Gasteiger partial charge in [-0.25, -0.2) is 0 Å². The SMILES string of the molecule is Cc1ccc(CNC(=O)CSc2nncc3ccccc23)cc1. The minimum atomic E-state index is -0.00897. The van der Waals surface area contributed by atoms with E-state index >= 15 is 0 Å². The molecule has 5 heteroatoms. The zero-order valence-electron chi connectivity index (χ0n) is 12.8. The van der Waals surface area contributed by atoms with E-state index in [0.717, 1.165) is 21.4 Å². The Balaban J connectivity index is 1.57. The minimum absolute atomic E-state index is 0.00897. The standard InChI is InChI=1S/C18H17N3OS/c1-13-6-8-14(9-7-13)10-19-17(22)12-23-18-16-5-3-2-4-15(16)11-20-21-18/h2-9,11H,10,12H2,1H3,(H,19,22). The number of hydrogen-bond donors (Lipinski definition) is 1. The van der Waals surface area contributed by atoms with Crippen LogP contribution in [0.3, 0.4) is 0 Å². The smallest absolute Gasteiger partial charge is 0.230 e. The average molecular weight is 323 g/mol. The highest BCUT2D eigenvalue weighted by Gasteiger charge is 2.07. The molecule has 1 heterocycles. The molecule has 0 aliphatic carbocycles. The fraction of sp³-hybridized carbons (Fsp3) is 0.167. The number of carbonyl (C=O) groups is 1. The predicted octanol–water partition coefficient (Wildman–Crippen LogP) is 3.35. The highest BCUT2D eigenvalue weighted by atomic mass is 32.2. The van der Waals surface area contributed by atoms with Gasteiger partial charge in [-0.15, -0.1) is 5.10 Å². The van der Waals surface area contributed by atoms with E-state index in [1.54, 1.807) is 6.20 Å². The van der Waals surface area contributed by atoms with E-state index in [1.165, 1.54) is 17.3 Å². The van der Waals surface area contributed by atoms with E-state index in [4.69, 9.17) is 0 Å². The molecule has 3 aromatic rings. The van der Waals surface area contributed by atoms with Crippen LogP contribution >= 0.6 is 11.8 Å². The Labute approximate surface area is 139 Å². The van der Waals surface area contributed by atoms with Gasteiger partial charge in [0.1, 0.15) is 5.03 Å². The first-order valence-corrected chi connectivity index (χ1v) is 8.36. The molecule has 2 aromatic carbocycles. The number of aryl methyl sites for hydroxylation is 1. The molecule has 1 aromatic heterocycles. The lowest BCUT2D eigenvalue weighted by Crippen LogP contribution is -2.24. The Kier molecular flexibility index (Phi) is 4.88. The van der Waals surface area contributed by atoms with Crippen molar-refractivity contribution >= 4 is 28.4 Å². The first-order valence-electron chi connectivity index (χ1n) is 7.38. The minimum Gasteiger partial charge on any atom is -0.351 e. The molecular formula is C18H17N3OS. The van der Waals surface area contributed by atoms with Gasteiger partial charge in [0.05, 0.1) is 11.9 Å². The molecule has 1 amide bonds. The second-order valence-electron chi connectivity index (χ2n) is 5.29. The van der Waals surface area contributed by atoms with E-state index in [2.05, 4.69) is 15.5 Å². The third-order valence-corrected chi connectivity index (χ3v) is 4.47. The Morgan fingerprint density at radius 2 is 1.91 bits per heavy atom. The molecule has 116 valence electrons. The van der Waals surface area contributed by atoms with Gasteiger partial charge in [-0.3, -0.25) is 4.79 Å². The largest absolute Gasteiger partial charge is 0.351 e. The molecular weight excluding hydrogens is 306 g/mol. The monoisotopic (exact) mass is 323 g/mol. The first-order chi connectivity index (χ1) is 11.2. The quantitative estimate of drug-likeness (QED) is 0.732. The van der Waals surface area contributed by atoms with Crippen LogP contribution < -0.4 is 5.32 Å². The normalized spacial score (nSPS) is 10.7. The summed E-state index contributed by atoms with van der Waals surface area (Å²) in [7, 11) is 0. The summed E-state index contributed by atoms with van der Waals surface area (Å²) >= 11 is 1.41. The summed E-state index contributed by atoms with van der Waals surface area (Å²) in [4.78, 5) is 12.0. The van der Waals surface area contributed by atoms with Gasteiger partial charge in [-0.05, 0) is 12.5 Å². The number of rotatable bonds is 5. The number of amides is 1. The van der Waals surface area contributed by atoms with Gasteiger partial charge in [-0.1, -0.05) is 65.9 Å². The molecule has 0 unspecified atom stereocenters. The second kappa shape index (κ2) is 7.24. The van der Waals surface area contributed by atoms with Crippen molar-refractivity contribution in [3.63, 3.8) is 0 Å². The van der Waals surface area contributed by atoms with Crippen LogP contribution in [0, 0.1) is 6.92 Å². The molecule has 3 rings (SSSR count). The Hall–Kier alpha value is -2.40. The summed E-state index contributed by atoms with van der Waals surface area (Å²) in [6.45, 7) is 2.59. The number of carbonyl (C=O) groups excluding carboxylic acids is 1. The van der Waals surface area contributed by atoms with Crippen molar-refractivity contribution in [1.82, 2.24) is 15.5 Å². The molecule has 0 aliphatic rings. The Morgan fingerprint density at radius 3 is 2.74 bits per heavy atom. The number of benzene rings is 2. The molecule has 4 nitrogen and oxygen atoms in total. The molecule has 0 spiro atoms. The zero-order chi connectivity index (χ0) is 16.1. The number of hydrogen-bond acceptors (Lipinski definition) is 4. The number of thioether (sulfide) groups is 1. The maximum atomic E-state index is 12.0. The van der Waals surface area contributed by atoms with Gasteiger partial charge in [-0.2, -0.15) is 5.10 Å². The van der Waals surface area contributed by atoms with Crippen molar-refractivity contribution in [2.45, 2.75) is 18.5 Å². The van der Waals surface area contributed by atoms with Crippen LogP contribution in [-0.4, -0.2) is 21.9 Å². The van der Waals surface area contributed by atoms with Crippen molar-refractivity contribution in [1.29, 1.82) is 0 Å². The van der Waals surface area contributed by atoms with Gasteiger partial charge in [0.25, 0.3) is 0 Å². The van der Waals surface area contributed by atoms with Crippen LogP contribution in [0.25, 0.3) is 10.8 Å². The fourth-order valence-electron chi connectivity index (χ4n) is 2.20. The highest BCUT2D eigenvalue weighted by molar-refractivity contribution is 8.00. The number of fused-ring (bicyclic) bond motifs is 1. The van der Waals surface area contributed by atoms with Crippen LogP contribution in [0.5, 0.6) is 0 Å². The topological polar surface area (TPSA) is 54.9 Å². The van der Waals surface area contributed by atoms with Crippen molar-refractivity contribution in [3.05, 3.63) is 65.9 Å². The van der Waals surface area contributed by atoms with Gasteiger partial charge in [0.2, 0.25) is 5.91 Å². The average Bonchev–Trinajstić information content (AvgIpc) is 2.59. The molecule has 0 bridgehead atoms. The van der Waals surface area contributed by atoms with Crippen LogP contribution in [-0.2, 0) is 11.3 Å². The summed E-state index contributed by atoms with van der Waals surface area (Å²) < 4.78 is 0. The molecule has 0 radical (unpaired) electrons. The van der Waals surface area contributed by atoms with Gasteiger partial charge < -0.3 is 5.32 Å². The van der Waals surface area contributed by atoms with Gasteiger partial charge in [0.15, 0.2) is 0 Å². The molecule has 0 atom stereocenters. The van der Waals surface area contributed by atoms with Crippen LogP contribution in [0.15, 0.2) is 59.8 Å². The molecule has 0 aliphatic heterocycles. The van der Waals surface area contributed by atoms with Crippen molar-refractivity contribution in [2.75, 3.05) is 5.75 Å². The molecule has 0 saturated carbocycles. The number of nitrogens with one attached hydrogen (secondary N) is 1. The summed E-state index contributed by atoms with van der Waals surface area (Å²) in [6.07, 6.45) is 1.73. The lowest BCUT2D eigenvalue weighted by molar-refractivity contribution is -0.118. The summed E-state index contributed by atoms with van der Waals surface area (Å²) in [5.41, 5.74) is 2.31. The van der Waals surface area contributed by atoms with Crippen molar-refractivity contribution in [3.8, 4) is 0 Å². The highest BCUT2D eigenvalue weighted by Crippen LogP contribution is 2.24. The number of aromatic nitrogens is 2. The van der Waals surface area contributed by atoms with Gasteiger partial charge in [0, 0.05) is 17.3 Å². The van der Waals surface area contributed by atoms with Crippen LogP contribution in [0.1, 0.15) is 11.1 Å². The van der Waals surface area contributed by atoms with E-state index in [-0.39, 0.29) is 5.91 Å². The molecule has 0 saturated heterocycles. The maximum absolute atomic E-state index is 12.0. The first kappa shape index (κ1) is 15.5. The van der Waals surface area contributed by atoms with Crippen LogP contribution in [0.4, 0.5) is 0 Å². The van der Waals surface area contributed by atoms with Crippen molar-refractivity contribution < 1.29 is 4.79 Å². The molecule has 0 fully saturated rings. The van der Waals surface area contributed by atoms with E-state index < -0.39 is 0 Å². The Morgan fingerprint density at radius 1 is 1.13 bits per heavy atom. The lowest BCUT2D eigenvalue weighted by Gasteiger charge is -2.06. The van der Waals surface area contributed by atoms with Gasteiger partial charge >= 0.3 is 0 Å².